The quantitative estimate of drug-likeness (QED) is 0.801. The Labute approximate surface area is 135 Å². The van der Waals surface area contributed by atoms with Crippen molar-refractivity contribution in [3.63, 3.8) is 0 Å². The molecule has 0 N–H and O–H groups in total. The van der Waals surface area contributed by atoms with Gasteiger partial charge in [0.25, 0.3) is 0 Å². The molecular formula is C17H21ClN4. The Morgan fingerprint density at radius 1 is 1.05 bits per heavy atom. The van der Waals surface area contributed by atoms with Gasteiger partial charge in [0.15, 0.2) is 10.8 Å². The minimum atomic E-state index is 0.457. The van der Waals surface area contributed by atoms with E-state index in [0.717, 1.165) is 35.5 Å². The lowest BCUT2D eigenvalue weighted by molar-refractivity contribution is -0.0590. The lowest BCUT2D eigenvalue weighted by Crippen LogP contribution is -2.46. The first-order chi connectivity index (χ1) is 10.7. The third-order valence-electron chi connectivity index (χ3n) is 6.40. The molecule has 0 saturated heterocycles. The molecule has 4 bridgehead atoms. The summed E-state index contributed by atoms with van der Waals surface area (Å²) in [5.74, 6) is 3.05. The van der Waals surface area contributed by atoms with Crippen molar-refractivity contribution >= 4 is 22.8 Å². The topological polar surface area (TPSA) is 43.6 Å². The van der Waals surface area contributed by atoms with E-state index in [4.69, 9.17) is 11.6 Å². The van der Waals surface area contributed by atoms with Crippen LogP contribution in [0.2, 0.25) is 5.15 Å². The number of fused-ring (bicyclic) bond motifs is 1. The van der Waals surface area contributed by atoms with Gasteiger partial charge in [-0.05, 0) is 68.1 Å². The van der Waals surface area contributed by atoms with Crippen LogP contribution in [0.3, 0.4) is 0 Å². The molecule has 0 amide bonds. The summed E-state index contributed by atoms with van der Waals surface area (Å²) >= 11 is 6.10. The van der Waals surface area contributed by atoms with Gasteiger partial charge in [-0.2, -0.15) is 0 Å². The second-order valence-electron chi connectivity index (χ2n) is 7.94. The number of nitrogens with zero attached hydrogens (tertiary/aromatic N) is 4. The molecule has 2 aromatic heterocycles. The maximum Gasteiger partial charge on any atom is 0.164 e. The Hall–Kier alpha value is -1.16. The van der Waals surface area contributed by atoms with Gasteiger partial charge in [0.1, 0.15) is 11.8 Å². The van der Waals surface area contributed by atoms with Crippen LogP contribution in [0, 0.1) is 23.2 Å². The molecule has 22 heavy (non-hydrogen) atoms. The van der Waals surface area contributed by atoms with Gasteiger partial charge in [-0.25, -0.2) is 15.0 Å². The molecule has 0 atom stereocenters. The SMILES string of the molecule is Clc1ncnc2c1ncn2CCC12CC3CC(CC(C3)C1)C2. The van der Waals surface area contributed by atoms with Crippen molar-refractivity contribution in [1.29, 1.82) is 0 Å². The third kappa shape index (κ3) is 1.99. The highest BCUT2D eigenvalue weighted by molar-refractivity contribution is 6.33. The highest BCUT2D eigenvalue weighted by atomic mass is 35.5. The zero-order chi connectivity index (χ0) is 14.7. The second kappa shape index (κ2) is 4.67. The van der Waals surface area contributed by atoms with Crippen molar-refractivity contribution in [2.75, 3.05) is 0 Å². The Bertz CT molecular complexity index is 687. The fraction of sp³-hybridized carbons (Fsp3) is 0.706. The van der Waals surface area contributed by atoms with Crippen LogP contribution in [0.5, 0.6) is 0 Å². The minimum absolute atomic E-state index is 0.457. The molecule has 0 aromatic carbocycles. The van der Waals surface area contributed by atoms with E-state index in [-0.39, 0.29) is 0 Å². The molecule has 4 nitrogen and oxygen atoms in total. The molecule has 2 heterocycles. The molecular weight excluding hydrogens is 296 g/mol. The first-order valence-electron chi connectivity index (χ1n) is 8.52. The molecule has 0 radical (unpaired) electrons. The third-order valence-corrected chi connectivity index (χ3v) is 6.68. The van der Waals surface area contributed by atoms with Crippen LogP contribution in [0.4, 0.5) is 0 Å². The number of hydrogen-bond donors (Lipinski definition) is 0. The van der Waals surface area contributed by atoms with Crippen molar-refractivity contribution < 1.29 is 0 Å². The van der Waals surface area contributed by atoms with E-state index in [0.29, 0.717) is 10.6 Å². The Kier molecular flexibility index (Phi) is 2.82. The Morgan fingerprint density at radius 3 is 2.41 bits per heavy atom. The molecule has 0 unspecified atom stereocenters. The number of hydrogen-bond acceptors (Lipinski definition) is 3. The zero-order valence-corrected chi connectivity index (χ0v) is 13.5. The van der Waals surface area contributed by atoms with Crippen molar-refractivity contribution in [2.45, 2.75) is 51.5 Å². The maximum atomic E-state index is 6.10. The molecule has 4 saturated carbocycles. The van der Waals surface area contributed by atoms with Crippen molar-refractivity contribution in [3.05, 3.63) is 17.8 Å². The Morgan fingerprint density at radius 2 is 1.73 bits per heavy atom. The molecule has 5 heteroatoms. The van der Waals surface area contributed by atoms with Crippen LogP contribution in [0.1, 0.15) is 44.9 Å². The van der Waals surface area contributed by atoms with E-state index < -0.39 is 0 Å². The second-order valence-corrected chi connectivity index (χ2v) is 8.30. The number of rotatable bonds is 3. The highest BCUT2D eigenvalue weighted by Crippen LogP contribution is 2.61. The van der Waals surface area contributed by atoms with Crippen LogP contribution in [0.25, 0.3) is 11.2 Å². The first kappa shape index (κ1) is 13.3. The summed E-state index contributed by atoms with van der Waals surface area (Å²) in [6, 6.07) is 0. The minimum Gasteiger partial charge on any atom is -0.315 e. The number of halogens is 1. The van der Waals surface area contributed by atoms with E-state index in [1.165, 1.54) is 51.3 Å². The predicted octanol–water partition coefficient (Wildman–Crippen LogP) is 4.09. The molecule has 0 aliphatic heterocycles. The number of imidazole rings is 1. The molecule has 4 fully saturated rings. The fourth-order valence-corrected chi connectivity index (χ4v) is 6.15. The molecule has 116 valence electrons. The van der Waals surface area contributed by atoms with E-state index in [1.807, 2.05) is 6.33 Å². The maximum absolute atomic E-state index is 6.10. The van der Waals surface area contributed by atoms with Crippen molar-refractivity contribution in [1.82, 2.24) is 19.5 Å². The van der Waals surface area contributed by atoms with Gasteiger partial charge in [0.05, 0.1) is 6.33 Å². The van der Waals surface area contributed by atoms with Crippen LogP contribution in [-0.4, -0.2) is 19.5 Å². The summed E-state index contributed by atoms with van der Waals surface area (Å²) in [4.78, 5) is 12.8. The molecule has 4 aliphatic carbocycles. The van der Waals surface area contributed by atoms with Crippen LogP contribution < -0.4 is 0 Å². The highest BCUT2D eigenvalue weighted by Gasteiger charge is 2.50. The average molecular weight is 317 g/mol. The number of aryl methyl sites for hydroxylation is 1. The fourth-order valence-electron chi connectivity index (χ4n) is 5.97. The van der Waals surface area contributed by atoms with Gasteiger partial charge in [0, 0.05) is 6.54 Å². The summed E-state index contributed by atoms with van der Waals surface area (Å²) in [5.41, 5.74) is 2.21. The number of aromatic nitrogens is 4. The van der Waals surface area contributed by atoms with Gasteiger partial charge in [0.2, 0.25) is 0 Å². The summed E-state index contributed by atoms with van der Waals surface area (Å²) in [6.07, 6.45) is 13.6. The van der Waals surface area contributed by atoms with E-state index in [1.54, 1.807) is 0 Å². The van der Waals surface area contributed by atoms with Gasteiger partial charge in [-0.1, -0.05) is 11.6 Å². The predicted molar refractivity (Wildman–Crippen MR) is 85.6 cm³/mol. The van der Waals surface area contributed by atoms with Gasteiger partial charge in [-0.15, -0.1) is 0 Å². The van der Waals surface area contributed by atoms with Crippen LogP contribution in [-0.2, 0) is 6.54 Å². The first-order valence-corrected chi connectivity index (χ1v) is 8.90. The summed E-state index contributed by atoms with van der Waals surface area (Å²) < 4.78 is 2.17. The lowest BCUT2D eigenvalue weighted by atomic mass is 9.49. The molecule has 0 spiro atoms. The Balaban J connectivity index is 1.39. The van der Waals surface area contributed by atoms with E-state index in [9.17, 15) is 0 Å². The van der Waals surface area contributed by atoms with Gasteiger partial charge in [-0.3, -0.25) is 0 Å². The summed E-state index contributed by atoms with van der Waals surface area (Å²) in [7, 11) is 0. The average Bonchev–Trinajstić information content (AvgIpc) is 2.88. The van der Waals surface area contributed by atoms with Crippen LogP contribution >= 0.6 is 11.6 Å². The standard InChI is InChI=1S/C17H21ClN4/c18-15-14-16(20-9-19-15)22(10-21-14)2-1-17-6-11-3-12(7-17)5-13(4-11)8-17/h9-13H,1-8H2. The smallest absolute Gasteiger partial charge is 0.164 e. The van der Waals surface area contributed by atoms with Crippen molar-refractivity contribution in [3.8, 4) is 0 Å². The largest absolute Gasteiger partial charge is 0.315 e. The molecule has 4 aliphatic rings. The van der Waals surface area contributed by atoms with Gasteiger partial charge < -0.3 is 4.57 Å². The van der Waals surface area contributed by atoms with Crippen LogP contribution in [0.15, 0.2) is 12.7 Å². The molecule has 6 rings (SSSR count). The van der Waals surface area contributed by atoms with Crippen molar-refractivity contribution in [2.24, 2.45) is 23.2 Å². The van der Waals surface area contributed by atoms with Gasteiger partial charge >= 0.3 is 0 Å². The summed E-state index contributed by atoms with van der Waals surface area (Å²) in [5, 5.41) is 0.457. The normalized spacial score (nSPS) is 36.3. The van der Waals surface area contributed by atoms with E-state index >= 15 is 0 Å². The van der Waals surface area contributed by atoms with E-state index in [2.05, 4.69) is 19.5 Å². The lowest BCUT2D eigenvalue weighted by Gasteiger charge is -2.57. The summed E-state index contributed by atoms with van der Waals surface area (Å²) in [6.45, 7) is 1.01. The zero-order valence-electron chi connectivity index (χ0n) is 12.7. The monoisotopic (exact) mass is 316 g/mol. The molecule has 2 aromatic rings.